The van der Waals surface area contributed by atoms with E-state index < -0.39 is 6.10 Å². The fourth-order valence-corrected chi connectivity index (χ4v) is 3.33. The number of hydrogen-bond donors (Lipinski definition) is 1. The maximum Gasteiger partial charge on any atom is 0.134 e. The Labute approximate surface area is 140 Å². The van der Waals surface area contributed by atoms with Crippen molar-refractivity contribution in [3.8, 4) is 0 Å². The van der Waals surface area contributed by atoms with Crippen molar-refractivity contribution in [2.75, 3.05) is 13.1 Å². The van der Waals surface area contributed by atoms with Crippen molar-refractivity contribution >= 4 is 11.0 Å². The van der Waals surface area contributed by atoms with Gasteiger partial charge in [0.2, 0.25) is 0 Å². The first-order valence-corrected chi connectivity index (χ1v) is 8.47. The van der Waals surface area contributed by atoms with E-state index in [2.05, 4.69) is 34.3 Å². The molecule has 1 aliphatic rings. The van der Waals surface area contributed by atoms with Crippen LogP contribution in [-0.4, -0.2) is 38.1 Å². The molecule has 4 rings (SSSR count). The Kier molecular flexibility index (Phi) is 3.86. The van der Waals surface area contributed by atoms with Crippen molar-refractivity contribution in [1.82, 2.24) is 19.9 Å². The van der Waals surface area contributed by atoms with Gasteiger partial charge in [-0.2, -0.15) is 0 Å². The van der Waals surface area contributed by atoms with Crippen molar-refractivity contribution < 1.29 is 9.52 Å². The van der Waals surface area contributed by atoms with E-state index in [0.29, 0.717) is 11.7 Å². The minimum Gasteiger partial charge on any atom is -0.461 e. The summed E-state index contributed by atoms with van der Waals surface area (Å²) in [5.74, 6) is 1.08. The van der Waals surface area contributed by atoms with Gasteiger partial charge in [-0.25, -0.2) is 4.68 Å². The number of aliphatic hydroxyl groups is 1. The minimum atomic E-state index is -0.570. The zero-order valence-electron chi connectivity index (χ0n) is 14.0. The van der Waals surface area contributed by atoms with Gasteiger partial charge in [-0.05, 0) is 13.0 Å². The number of benzene rings is 1. The van der Waals surface area contributed by atoms with Gasteiger partial charge in [0.05, 0.1) is 18.3 Å². The SMILES string of the molecule is CCc1oc2ccccc2c1CN1CC(n2cc(C(C)O)nn2)C1. The minimum absolute atomic E-state index is 0.327. The van der Waals surface area contributed by atoms with E-state index in [9.17, 15) is 5.11 Å². The second-order valence-electron chi connectivity index (χ2n) is 6.50. The molecule has 1 N–H and O–H groups in total. The zero-order valence-corrected chi connectivity index (χ0v) is 14.0. The van der Waals surface area contributed by atoms with Gasteiger partial charge in [0.1, 0.15) is 17.0 Å². The molecule has 0 aliphatic carbocycles. The Morgan fingerprint density at radius 3 is 2.83 bits per heavy atom. The summed E-state index contributed by atoms with van der Waals surface area (Å²) in [6.45, 7) is 6.61. The summed E-state index contributed by atoms with van der Waals surface area (Å²) < 4.78 is 7.84. The van der Waals surface area contributed by atoms with Gasteiger partial charge in [-0.15, -0.1) is 5.10 Å². The molecule has 0 spiro atoms. The predicted molar refractivity (Wildman–Crippen MR) is 90.6 cm³/mol. The number of furan rings is 1. The van der Waals surface area contributed by atoms with Crippen molar-refractivity contribution in [2.24, 2.45) is 0 Å². The highest BCUT2D eigenvalue weighted by Crippen LogP contribution is 2.30. The summed E-state index contributed by atoms with van der Waals surface area (Å²) in [5, 5.41) is 18.9. The van der Waals surface area contributed by atoms with Gasteiger partial charge in [-0.3, -0.25) is 4.90 Å². The number of aryl methyl sites for hydroxylation is 1. The third-order valence-electron chi connectivity index (χ3n) is 4.75. The maximum atomic E-state index is 9.55. The molecule has 0 radical (unpaired) electrons. The summed E-state index contributed by atoms with van der Waals surface area (Å²) in [6, 6.07) is 8.57. The molecule has 1 aliphatic heterocycles. The highest BCUT2D eigenvalue weighted by molar-refractivity contribution is 5.82. The van der Waals surface area contributed by atoms with Gasteiger partial charge in [0.25, 0.3) is 0 Å². The molecule has 1 atom stereocenters. The standard InChI is InChI=1S/C18H22N4O2/c1-3-17-15(14-6-4-5-7-18(14)24-17)10-21-8-13(9-21)22-11-16(12(2)23)19-20-22/h4-7,11-13,23H,3,8-10H2,1-2H3. The molecule has 3 heterocycles. The Bertz CT molecular complexity index is 846. The van der Waals surface area contributed by atoms with Crippen LogP contribution in [0.2, 0.25) is 0 Å². The molecule has 1 aromatic carbocycles. The monoisotopic (exact) mass is 326 g/mol. The number of hydrogen-bond acceptors (Lipinski definition) is 5. The third kappa shape index (κ3) is 2.61. The van der Waals surface area contributed by atoms with Gasteiger partial charge in [0.15, 0.2) is 0 Å². The lowest BCUT2D eigenvalue weighted by Crippen LogP contribution is -2.47. The van der Waals surface area contributed by atoms with Gasteiger partial charge in [-0.1, -0.05) is 30.3 Å². The number of fused-ring (bicyclic) bond motifs is 1. The van der Waals surface area contributed by atoms with Crippen LogP contribution in [0.3, 0.4) is 0 Å². The molecular weight excluding hydrogens is 304 g/mol. The molecular formula is C18H22N4O2. The van der Waals surface area contributed by atoms with Gasteiger partial charge in [0, 0.05) is 37.0 Å². The molecule has 0 bridgehead atoms. The van der Waals surface area contributed by atoms with Crippen LogP contribution in [0.4, 0.5) is 0 Å². The number of aromatic nitrogens is 3. The molecule has 1 saturated heterocycles. The van der Waals surface area contributed by atoms with Crippen LogP contribution in [0.25, 0.3) is 11.0 Å². The summed E-state index contributed by atoms with van der Waals surface area (Å²) in [6.07, 6.45) is 2.18. The van der Waals surface area contributed by atoms with Crippen LogP contribution in [0.5, 0.6) is 0 Å². The Morgan fingerprint density at radius 1 is 1.33 bits per heavy atom. The Morgan fingerprint density at radius 2 is 2.12 bits per heavy atom. The Hall–Kier alpha value is -2.18. The van der Waals surface area contributed by atoms with Crippen LogP contribution in [0, 0.1) is 0 Å². The normalized spacial score (nSPS) is 17.3. The van der Waals surface area contributed by atoms with E-state index in [1.54, 1.807) is 6.92 Å². The molecule has 126 valence electrons. The number of likely N-dealkylation sites (tertiary alicyclic amines) is 1. The molecule has 0 saturated carbocycles. The van der Waals surface area contributed by atoms with Crippen LogP contribution < -0.4 is 0 Å². The highest BCUT2D eigenvalue weighted by Gasteiger charge is 2.30. The van der Waals surface area contributed by atoms with Crippen molar-refractivity contribution in [3.05, 3.63) is 47.5 Å². The molecule has 2 aromatic heterocycles. The smallest absolute Gasteiger partial charge is 0.134 e. The first-order valence-electron chi connectivity index (χ1n) is 8.47. The van der Waals surface area contributed by atoms with Crippen LogP contribution in [-0.2, 0) is 13.0 Å². The number of rotatable bonds is 5. The zero-order chi connectivity index (χ0) is 16.7. The molecule has 24 heavy (non-hydrogen) atoms. The summed E-state index contributed by atoms with van der Waals surface area (Å²) in [7, 11) is 0. The largest absolute Gasteiger partial charge is 0.461 e. The van der Waals surface area contributed by atoms with E-state index in [0.717, 1.165) is 37.4 Å². The highest BCUT2D eigenvalue weighted by atomic mass is 16.3. The van der Waals surface area contributed by atoms with Gasteiger partial charge >= 0.3 is 0 Å². The van der Waals surface area contributed by atoms with E-state index >= 15 is 0 Å². The molecule has 1 unspecified atom stereocenters. The fourth-order valence-electron chi connectivity index (χ4n) is 3.33. The van der Waals surface area contributed by atoms with E-state index in [-0.39, 0.29) is 0 Å². The molecule has 1 fully saturated rings. The quantitative estimate of drug-likeness (QED) is 0.781. The second-order valence-corrected chi connectivity index (χ2v) is 6.50. The average molecular weight is 326 g/mol. The lowest BCUT2D eigenvalue weighted by atomic mass is 10.0. The number of nitrogens with zero attached hydrogens (tertiary/aromatic N) is 4. The lowest BCUT2D eigenvalue weighted by Gasteiger charge is -2.38. The number of para-hydroxylation sites is 1. The summed E-state index contributed by atoms with van der Waals surface area (Å²) in [5.41, 5.74) is 2.90. The number of aliphatic hydroxyl groups excluding tert-OH is 1. The average Bonchev–Trinajstić information content (AvgIpc) is 3.15. The van der Waals surface area contributed by atoms with Crippen molar-refractivity contribution in [2.45, 2.75) is 39.0 Å². The predicted octanol–water partition coefficient (Wildman–Crippen LogP) is 2.70. The fraction of sp³-hybridized carbons (Fsp3) is 0.444. The van der Waals surface area contributed by atoms with Crippen LogP contribution in [0.1, 0.15) is 43.0 Å². The van der Waals surface area contributed by atoms with Gasteiger partial charge < -0.3 is 9.52 Å². The first-order chi connectivity index (χ1) is 11.7. The van der Waals surface area contributed by atoms with Crippen LogP contribution in [0.15, 0.2) is 34.9 Å². The molecule has 3 aromatic rings. The van der Waals surface area contributed by atoms with E-state index in [1.165, 1.54) is 10.9 Å². The second kappa shape index (κ2) is 6.03. The first kappa shape index (κ1) is 15.4. The maximum absolute atomic E-state index is 9.55. The van der Waals surface area contributed by atoms with E-state index in [4.69, 9.17) is 4.42 Å². The van der Waals surface area contributed by atoms with Crippen molar-refractivity contribution in [3.63, 3.8) is 0 Å². The molecule has 6 nitrogen and oxygen atoms in total. The lowest BCUT2D eigenvalue weighted by molar-refractivity contribution is 0.0893. The third-order valence-corrected chi connectivity index (χ3v) is 4.75. The van der Waals surface area contributed by atoms with E-state index in [1.807, 2.05) is 23.0 Å². The van der Waals surface area contributed by atoms with Crippen molar-refractivity contribution in [1.29, 1.82) is 0 Å². The van der Waals surface area contributed by atoms with Crippen LogP contribution >= 0.6 is 0 Å². The topological polar surface area (TPSA) is 67.3 Å². The molecule has 0 amide bonds. The summed E-state index contributed by atoms with van der Waals surface area (Å²) in [4.78, 5) is 2.39. The summed E-state index contributed by atoms with van der Waals surface area (Å²) >= 11 is 0. The molecule has 6 heteroatoms. The Balaban J connectivity index is 1.46.